The highest BCUT2D eigenvalue weighted by Crippen LogP contribution is 1.72. The van der Waals surface area contributed by atoms with Gasteiger partial charge in [0.25, 0.3) is 5.91 Å². The highest BCUT2D eigenvalue weighted by atomic mass is 16.5. The fourth-order valence-electron chi connectivity index (χ4n) is 0.493. The molecule has 0 aliphatic rings. The maximum Gasteiger partial charge on any atom is 0.426 e. The van der Waals surface area contributed by atoms with Gasteiger partial charge in [-0.3, -0.25) is 10.2 Å². The molecule has 0 spiro atoms. The van der Waals surface area contributed by atoms with E-state index in [-0.39, 0.29) is 19.1 Å². The zero-order valence-electron chi connectivity index (χ0n) is 7.14. The third kappa shape index (κ3) is 5.48. The quantitative estimate of drug-likeness (QED) is 0.480. The molecule has 0 rings (SSSR count). The predicted octanol–water partition coefficient (Wildman–Crippen LogP) is -1.02. The maximum absolute atomic E-state index is 10.7. The second kappa shape index (κ2) is 6.41. The van der Waals surface area contributed by atoms with Crippen LogP contribution in [0.2, 0.25) is 0 Å². The van der Waals surface area contributed by atoms with Gasteiger partial charge in [0, 0.05) is 0 Å². The van der Waals surface area contributed by atoms with Crippen molar-refractivity contribution in [3.8, 4) is 0 Å². The molecule has 70 valence electrons. The van der Waals surface area contributed by atoms with Crippen LogP contribution in [0.5, 0.6) is 0 Å². The summed E-state index contributed by atoms with van der Waals surface area (Å²) in [5, 5.41) is 2.62. The van der Waals surface area contributed by atoms with Gasteiger partial charge in [-0.25, -0.2) is 10.2 Å². The topological polar surface area (TPSA) is 79.5 Å². The van der Waals surface area contributed by atoms with E-state index in [2.05, 4.69) is 20.9 Å². The first-order valence-corrected chi connectivity index (χ1v) is 3.57. The molecule has 0 heterocycles. The summed E-state index contributed by atoms with van der Waals surface area (Å²) in [6.07, 6.45) is -0.665. The number of carbonyl (C=O) groups excluding carboxylic acids is 2. The molecule has 0 radical (unpaired) electrons. The summed E-state index contributed by atoms with van der Waals surface area (Å²) >= 11 is 0. The Morgan fingerprint density at radius 1 is 1.33 bits per heavy atom. The Labute approximate surface area is 70.6 Å². The number of hydrogen-bond acceptors (Lipinski definition) is 4. The fraction of sp³-hybridized carbons (Fsp3) is 0.667. The van der Waals surface area contributed by atoms with Gasteiger partial charge in [0.1, 0.15) is 0 Å². The molecule has 2 amide bonds. The lowest BCUT2D eigenvalue weighted by atomic mass is 10.6. The van der Waals surface area contributed by atoms with Crippen LogP contribution in [0, 0.1) is 0 Å². The number of likely N-dealkylation sites (N-methyl/N-ethyl adjacent to an activating group) is 1. The van der Waals surface area contributed by atoms with Crippen LogP contribution in [0.3, 0.4) is 0 Å². The average Bonchev–Trinajstić information content (AvgIpc) is 2.02. The van der Waals surface area contributed by atoms with Gasteiger partial charge >= 0.3 is 6.09 Å². The van der Waals surface area contributed by atoms with E-state index in [4.69, 9.17) is 0 Å². The van der Waals surface area contributed by atoms with Gasteiger partial charge < -0.3 is 10.1 Å². The minimum Gasteiger partial charge on any atom is -0.449 e. The molecular formula is C6H13N3O3. The molecule has 0 aromatic rings. The lowest BCUT2D eigenvalue weighted by Crippen LogP contribution is -2.45. The van der Waals surface area contributed by atoms with E-state index in [1.165, 1.54) is 0 Å². The first-order valence-electron chi connectivity index (χ1n) is 3.57. The number of ether oxygens (including phenoxy) is 1. The van der Waals surface area contributed by atoms with E-state index in [1.807, 2.05) is 0 Å². The average molecular weight is 175 g/mol. The lowest BCUT2D eigenvalue weighted by Gasteiger charge is -2.05. The maximum atomic E-state index is 10.7. The molecule has 0 saturated carbocycles. The van der Waals surface area contributed by atoms with Crippen molar-refractivity contribution < 1.29 is 14.3 Å². The van der Waals surface area contributed by atoms with Crippen LogP contribution >= 0.6 is 0 Å². The lowest BCUT2D eigenvalue weighted by molar-refractivity contribution is -0.121. The van der Waals surface area contributed by atoms with Gasteiger partial charge in [-0.15, -0.1) is 0 Å². The monoisotopic (exact) mass is 175 g/mol. The Kier molecular flexibility index (Phi) is 5.72. The summed E-state index contributed by atoms with van der Waals surface area (Å²) in [5.74, 6) is -0.328. The van der Waals surface area contributed by atoms with Crippen molar-refractivity contribution in [1.82, 2.24) is 16.2 Å². The highest BCUT2D eigenvalue weighted by molar-refractivity contribution is 5.80. The third-order valence-corrected chi connectivity index (χ3v) is 0.917. The minimum atomic E-state index is -0.665. The summed E-state index contributed by atoms with van der Waals surface area (Å²) < 4.78 is 4.49. The molecule has 0 bridgehead atoms. The van der Waals surface area contributed by atoms with Crippen LogP contribution in [-0.2, 0) is 9.53 Å². The first-order chi connectivity index (χ1) is 5.70. The summed E-state index contributed by atoms with van der Waals surface area (Å²) in [4.78, 5) is 21.3. The van der Waals surface area contributed by atoms with Crippen LogP contribution < -0.4 is 16.2 Å². The second-order valence-corrected chi connectivity index (χ2v) is 1.92. The zero-order chi connectivity index (χ0) is 9.40. The van der Waals surface area contributed by atoms with Gasteiger partial charge in [-0.2, -0.15) is 0 Å². The van der Waals surface area contributed by atoms with Crippen LogP contribution in [0.1, 0.15) is 6.92 Å². The molecule has 3 N–H and O–H groups in total. The van der Waals surface area contributed by atoms with Crippen molar-refractivity contribution in [2.75, 3.05) is 20.2 Å². The Morgan fingerprint density at radius 2 is 2.00 bits per heavy atom. The molecule has 0 saturated heterocycles. The van der Waals surface area contributed by atoms with Crippen LogP contribution in [-0.4, -0.2) is 32.2 Å². The molecule has 0 fully saturated rings. The number of rotatable bonds is 3. The molecule has 0 aromatic carbocycles. The van der Waals surface area contributed by atoms with E-state index < -0.39 is 6.09 Å². The third-order valence-electron chi connectivity index (χ3n) is 0.917. The first kappa shape index (κ1) is 10.7. The van der Waals surface area contributed by atoms with Crippen molar-refractivity contribution in [3.05, 3.63) is 0 Å². The fourth-order valence-corrected chi connectivity index (χ4v) is 0.493. The summed E-state index contributed by atoms with van der Waals surface area (Å²) in [5.41, 5.74) is 4.21. The number of nitrogens with one attached hydrogen (secondary N) is 3. The number of carbonyl (C=O) groups is 2. The molecule has 6 nitrogen and oxygen atoms in total. The summed E-state index contributed by atoms with van der Waals surface area (Å²) in [6, 6.07) is 0. The van der Waals surface area contributed by atoms with Crippen molar-refractivity contribution in [2.24, 2.45) is 0 Å². The molecule has 0 unspecified atom stereocenters. The molecule has 0 aliphatic carbocycles. The van der Waals surface area contributed by atoms with Crippen LogP contribution in [0.25, 0.3) is 0 Å². The molecule has 0 aromatic heterocycles. The Morgan fingerprint density at radius 3 is 2.50 bits per heavy atom. The van der Waals surface area contributed by atoms with Crippen molar-refractivity contribution in [3.63, 3.8) is 0 Å². The van der Waals surface area contributed by atoms with Gasteiger partial charge in [0.2, 0.25) is 0 Å². The number of hydrazine groups is 1. The van der Waals surface area contributed by atoms with E-state index in [9.17, 15) is 9.59 Å². The molecule has 0 aliphatic heterocycles. The molecule has 6 heteroatoms. The normalized spacial score (nSPS) is 8.83. The number of amides is 2. The SMILES string of the molecule is CCOC(=O)NNC(=O)CNC. The van der Waals surface area contributed by atoms with E-state index in [0.29, 0.717) is 0 Å². The number of hydrogen-bond donors (Lipinski definition) is 3. The van der Waals surface area contributed by atoms with Gasteiger partial charge in [0.05, 0.1) is 13.2 Å². The Hall–Kier alpha value is -1.30. The molecule has 12 heavy (non-hydrogen) atoms. The molecular weight excluding hydrogens is 162 g/mol. The molecule has 0 atom stereocenters. The Balaban J connectivity index is 3.40. The minimum absolute atomic E-state index is 0.145. The van der Waals surface area contributed by atoms with E-state index in [1.54, 1.807) is 14.0 Å². The predicted molar refractivity (Wildman–Crippen MR) is 42.2 cm³/mol. The van der Waals surface area contributed by atoms with Gasteiger partial charge in [0.15, 0.2) is 0 Å². The zero-order valence-corrected chi connectivity index (χ0v) is 7.14. The largest absolute Gasteiger partial charge is 0.449 e. The van der Waals surface area contributed by atoms with Crippen molar-refractivity contribution >= 4 is 12.0 Å². The smallest absolute Gasteiger partial charge is 0.426 e. The Bertz CT molecular complexity index is 142. The summed E-state index contributed by atoms with van der Waals surface area (Å²) in [6.45, 7) is 2.09. The van der Waals surface area contributed by atoms with Gasteiger partial charge in [-0.1, -0.05) is 0 Å². The standard InChI is InChI=1S/C6H13N3O3/c1-3-12-6(11)9-8-5(10)4-7-2/h7H,3-4H2,1-2H3,(H,8,10)(H,9,11). The second-order valence-electron chi connectivity index (χ2n) is 1.92. The van der Waals surface area contributed by atoms with E-state index in [0.717, 1.165) is 0 Å². The van der Waals surface area contributed by atoms with Crippen LogP contribution in [0.15, 0.2) is 0 Å². The highest BCUT2D eigenvalue weighted by Gasteiger charge is 2.01. The summed E-state index contributed by atoms with van der Waals surface area (Å²) in [7, 11) is 1.63. The van der Waals surface area contributed by atoms with Crippen molar-refractivity contribution in [1.29, 1.82) is 0 Å². The van der Waals surface area contributed by atoms with Crippen molar-refractivity contribution in [2.45, 2.75) is 6.92 Å². The van der Waals surface area contributed by atoms with Gasteiger partial charge in [-0.05, 0) is 14.0 Å². The van der Waals surface area contributed by atoms with E-state index >= 15 is 0 Å². The van der Waals surface area contributed by atoms with Crippen LogP contribution in [0.4, 0.5) is 4.79 Å².